The Labute approximate surface area is 152 Å². The zero-order valence-corrected chi connectivity index (χ0v) is 15.6. The van der Waals surface area contributed by atoms with Crippen LogP contribution >= 0.6 is 0 Å². The van der Waals surface area contributed by atoms with Crippen LogP contribution < -0.4 is 22.2 Å². The fourth-order valence-electron chi connectivity index (χ4n) is 3.06. The van der Waals surface area contributed by atoms with Gasteiger partial charge in [0.05, 0.1) is 5.56 Å². The predicted octanol–water partition coefficient (Wildman–Crippen LogP) is 1.04. The van der Waals surface area contributed by atoms with E-state index in [9.17, 15) is 9.59 Å². The summed E-state index contributed by atoms with van der Waals surface area (Å²) in [5, 5.41) is 9.03. The first-order valence-electron chi connectivity index (χ1n) is 8.48. The molecule has 0 saturated carbocycles. The molecule has 0 aromatic carbocycles. The summed E-state index contributed by atoms with van der Waals surface area (Å²) in [6.45, 7) is 7.89. The van der Waals surface area contributed by atoms with Gasteiger partial charge in [0.1, 0.15) is 5.84 Å². The van der Waals surface area contributed by atoms with Gasteiger partial charge >= 0.3 is 0 Å². The monoisotopic (exact) mass is 358 g/mol. The van der Waals surface area contributed by atoms with Crippen LogP contribution in [-0.4, -0.2) is 29.2 Å². The number of carbonyl (C=O) groups excluding carboxylic acids is 2. The van der Waals surface area contributed by atoms with Crippen molar-refractivity contribution in [3.8, 4) is 0 Å². The fourth-order valence-corrected chi connectivity index (χ4v) is 3.06. The van der Waals surface area contributed by atoms with Crippen molar-refractivity contribution in [2.45, 2.75) is 34.1 Å². The van der Waals surface area contributed by atoms with Gasteiger partial charge in [-0.05, 0) is 32.4 Å². The molecular weight excluding hydrogens is 332 g/mol. The van der Waals surface area contributed by atoms with Crippen LogP contribution in [0, 0.1) is 19.8 Å². The topological polar surface area (TPSA) is 138 Å². The highest BCUT2D eigenvalue weighted by Gasteiger charge is 2.29. The summed E-state index contributed by atoms with van der Waals surface area (Å²) in [5.41, 5.74) is 9.93. The van der Waals surface area contributed by atoms with Gasteiger partial charge in [-0.3, -0.25) is 9.59 Å². The van der Waals surface area contributed by atoms with Crippen molar-refractivity contribution in [1.29, 1.82) is 0 Å². The lowest BCUT2D eigenvalue weighted by molar-refractivity contribution is -0.115. The minimum Gasteiger partial charge on any atom is -0.386 e. The Morgan fingerprint density at radius 2 is 2.08 bits per heavy atom. The number of H-pyrrole nitrogens is 1. The second-order valence-corrected chi connectivity index (χ2v) is 6.31. The highest BCUT2D eigenvalue weighted by atomic mass is 16.2. The minimum atomic E-state index is -0.205. The van der Waals surface area contributed by atoms with Gasteiger partial charge in [0.2, 0.25) is 0 Å². The smallest absolute Gasteiger partial charge is 0.253 e. The second-order valence-electron chi connectivity index (χ2n) is 6.31. The van der Waals surface area contributed by atoms with Gasteiger partial charge in [-0.15, -0.1) is 0 Å². The number of carbonyl (C=O) groups is 2. The number of amidine groups is 1. The summed E-state index contributed by atoms with van der Waals surface area (Å²) in [6.07, 6.45) is 4.09. The van der Waals surface area contributed by atoms with Crippen molar-refractivity contribution < 1.29 is 9.59 Å². The Morgan fingerprint density at radius 3 is 2.65 bits per heavy atom. The highest BCUT2D eigenvalue weighted by Crippen LogP contribution is 2.29. The van der Waals surface area contributed by atoms with Crippen LogP contribution in [0.15, 0.2) is 22.4 Å². The third-order valence-electron chi connectivity index (χ3n) is 4.60. The van der Waals surface area contributed by atoms with Crippen LogP contribution in [0.2, 0.25) is 0 Å². The Kier molecular flexibility index (Phi) is 5.86. The zero-order chi connectivity index (χ0) is 19.4. The molecule has 1 unspecified atom stereocenters. The van der Waals surface area contributed by atoms with Gasteiger partial charge in [0.15, 0.2) is 0 Å². The molecular formula is C18H26N6O2. The molecule has 2 amide bonds. The molecule has 1 fully saturated rings. The van der Waals surface area contributed by atoms with E-state index in [1.807, 2.05) is 39.8 Å². The highest BCUT2D eigenvalue weighted by molar-refractivity contribution is 6.04. The first-order chi connectivity index (χ1) is 12.3. The first kappa shape index (κ1) is 19.3. The molecule has 26 heavy (non-hydrogen) atoms. The number of hydrogen-bond donors (Lipinski definition) is 5. The average Bonchev–Trinajstić information content (AvgIpc) is 3.04. The predicted molar refractivity (Wildman–Crippen MR) is 102 cm³/mol. The van der Waals surface area contributed by atoms with Crippen LogP contribution in [0.3, 0.4) is 0 Å². The Bertz CT molecular complexity index is 816. The summed E-state index contributed by atoms with van der Waals surface area (Å²) < 4.78 is 0. The Hall–Kier alpha value is -3.03. The number of amides is 2. The van der Waals surface area contributed by atoms with E-state index >= 15 is 0 Å². The van der Waals surface area contributed by atoms with E-state index in [4.69, 9.17) is 11.6 Å². The van der Waals surface area contributed by atoms with E-state index in [-0.39, 0.29) is 23.6 Å². The molecule has 1 aliphatic heterocycles. The summed E-state index contributed by atoms with van der Waals surface area (Å²) in [7, 11) is 0. The van der Waals surface area contributed by atoms with Crippen molar-refractivity contribution in [3.63, 3.8) is 0 Å². The third-order valence-corrected chi connectivity index (χ3v) is 4.60. The standard InChI is InChI=1S/C18H26N6O2/c1-5-13-9(2)12(17(25)23-13)8-14-10(3)16(11(4)22-14)18(26)21-7-6-15(19)24-20/h5,8-9,22H,6-7,20H2,1-4H3,(H2,19,24)(H,21,26)(H,23,25)/b12-8-,13-5+. The first-order valence-corrected chi connectivity index (χ1v) is 8.48. The summed E-state index contributed by atoms with van der Waals surface area (Å²) in [5.74, 6) is 5.03. The molecule has 2 heterocycles. The van der Waals surface area contributed by atoms with E-state index < -0.39 is 0 Å². The molecule has 8 nitrogen and oxygen atoms in total. The molecule has 0 radical (unpaired) electrons. The second kappa shape index (κ2) is 7.90. The number of rotatable bonds is 5. The lowest BCUT2D eigenvalue weighted by atomic mass is 9.99. The number of nitrogens with one attached hydrogen (secondary N) is 3. The van der Waals surface area contributed by atoms with Crippen molar-refractivity contribution >= 4 is 23.7 Å². The number of nitrogens with zero attached hydrogens (tertiary/aromatic N) is 1. The van der Waals surface area contributed by atoms with E-state index in [0.717, 1.165) is 22.6 Å². The molecule has 1 atom stereocenters. The third kappa shape index (κ3) is 3.79. The molecule has 0 bridgehead atoms. The maximum Gasteiger partial charge on any atom is 0.253 e. The summed E-state index contributed by atoms with van der Waals surface area (Å²) >= 11 is 0. The molecule has 1 aliphatic rings. The zero-order valence-electron chi connectivity index (χ0n) is 15.6. The number of aromatic amines is 1. The van der Waals surface area contributed by atoms with Crippen LogP contribution in [-0.2, 0) is 4.79 Å². The largest absolute Gasteiger partial charge is 0.386 e. The number of nitrogens with two attached hydrogens (primary N) is 2. The lowest BCUT2D eigenvalue weighted by Crippen LogP contribution is -2.29. The summed E-state index contributed by atoms with van der Waals surface area (Å²) in [4.78, 5) is 27.9. The molecule has 8 heteroatoms. The van der Waals surface area contributed by atoms with Gasteiger partial charge in [0, 0.05) is 41.5 Å². The van der Waals surface area contributed by atoms with Crippen molar-refractivity contribution in [3.05, 3.63) is 39.9 Å². The van der Waals surface area contributed by atoms with Gasteiger partial charge in [-0.2, -0.15) is 5.10 Å². The number of aryl methyl sites for hydroxylation is 1. The molecule has 2 rings (SSSR count). The molecule has 1 saturated heterocycles. The van der Waals surface area contributed by atoms with Gasteiger partial charge in [-0.25, -0.2) is 0 Å². The number of aromatic nitrogens is 1. The lowest BCUT2D eigenvalue weighted by Gasteiger charge is -2.06. The quantitative estimate of drug-likeness (QED) is 0.176. The molecule has 7 N–H and O–H groups in total. The van der Waals surface area contributed by atoms with E-state index in [0.29, 0.717) is 24.1 Å². The van der Waals surface area contributed by atoms with E-state index in [2.05, 4.69) is 20.7 Å². The van der Waals surface area contributed by atoms with Crippen LogP contribution in [0.5, 0.6) is 0 Å². The number of allylic oxidation sites excluding steroid dienone is 2. The van der Waals surface area contributed by atoms with Crippen LogP contribution in [0.25, 0.3) is 6.08 Å². The Balaban J connectivity index is 2.24. The van der Waals surface area contributed by atoms with Gasteiger partial charge in [-0.1, -0.05) is 13.0 Å². The fraction of sp³-hybridized carbons (Fsp3) is 0.389. The van der Waals surface area contributed by atoms with E-state index in [1.165, 1.54) is 0 Å². The van der Waals surface area contributed by atoms with Gasteiger partial charge in [0.25, 0.3) is 11.8 Å². The minimum absolute atomic E-state index is 0.00805. The maximum atomic E-state index is 12.5. The Morgan fingerprint density at radius 1 is 1.38 bits per heavy atom. The number of hydrazone groups is 1. The van der Waals surface area contributed by atoms with Crippen molar-refractivity contribution in [2.75, 3.05) is 6.54 Å². The van der Waals surface area contributed by atoms with Crippen molar-refractivity contribution in [1.82, 2.24) is 15.6 Å². The summed E-state index contributed by atoms with van der Waals surface area (Å²) in [6, 6.07) is 0. The number of hydrogen-bond acceptors (Lipinski definition) is 4. The molecule has 0 spiro atoms. The van der Waals surface area contributed by atoms with Crippen LogP contribution in [0.1, 0.15) is 47.6 Å². The SMILES string of the molecule is C/C=C1/NC(=O)/C(=C\c2[nH]c(C)c(C(=O)NCC/C(N)=N/N)c2C)C1C. The van der Waals surface area contributed by atoms with E-state index in [1.54, 1.807) is 0 Å². The molecule has 1 aromatic rings. The molecule has 0 aliphatic carbocycles. The van der Waals surface area contributed by atoms with Crippen molar-refractivity contribution in [2.24, 2.45) is 22.6 Å². The molecule has 1 aromatic heterocycles. The average molecular weight is 358 g/mol. The maximum absolute atomic E-state index is 12.5. The normalized spacial score (nSPS) is 20.7. The van der Waals surface area contributed by atoms with Crippen LogP contribution in [0.4, 0.5) is 0 Å². The van der Waals surface area contributed by atoms with Gasteiger partial charge < -0.3 is 27.2 Å². The molecule has 140 valence electrons.